The summed E-state index contributed by atoms with van der Waals surface area (Å²) in [4.78, 5) is 25.9. The van der Waals surface area contributed by atoms with E-state index in [2.05, 4.69) is 20.5 Å². The van der Waals surface area contributed by atoms with Crippen molar-refractivity contribution in [1.82, 2.24) is 15.2 Å². The highest BCUT2D eigenvalue weighted by Gasteiger charge is 2.09. The first-order valence-electron chi connectivity index (χ1n) is 7.31. The molecule has 0 radical (unpaired) electrons. The molecule has 1 amide bonds. The van der Waals surface area contributed by atoms with Crippen molar-refractivity contribution in [1.29, 1.82) is 0 Å². The van der Waals surface area contributed by atoms with E-state index in [9.17, 15) is 9.59 Å². The van der Waals surface area contributed by atoms with Gasteiger partial charge in [0.25, 0.3) is 0 Å². The number of carbonyl (C=O) groups excluding carboxylic acids is 1. The van der Waals surface area contributed by atoms with E-state index in [0.717, 1.165) is 11.1 Å². The molecule has 5 N–H and O–H groups in total. The van der Waals surface area contributed by atoms with Crippen LogP contribution in [0.4, 0.5) is 5.82 Å². The number of amides is 1. The molecule has 2 aromatic heterocycles. The number of carbonyl (C=O) groups is 1. The van der Waals surface area contributed by atoms with Crippen LogP contribution in [0.3, 0.4) is 0 Å². The lowest BCUT2D eigenvalue weighted by molar-refractivity contribution is -0.116. The molecule has 0 aliphatic heterocycles. The molecule has 3 aromatic rings. The second-order valence-corrected chi connectivity index (χ2v) is 5.26. The van der Waals surface area contributed by atoms with Gasteiger partial charge in [0.15, 0.2) is 5.65 Å². The summed E-state index contributed by atoms with van der Waals surface area (Å²) in [6.07, 6.45) is 0.973. The molecule has 1 aromatic carbocycles. The number of nitrogens with one attached hydrogen (secondary N) is 3. The van der Waals surface area contributed by atoms with Crippen LogP contribution in [-0.2, 0) is 17.8 Å². The molecular formula is C16H17N5O2. The summed E-state index contributed by atoms with van der Waals surface area (Å²) in [5.41, 5.74) is 7.92. The highest BCUT2D eigenvalue weighted by atomic mass is 16.1. The number of pyridine rings is 1. The smallest absolute Gasteiger partial charge is 0.249 e. The Morgan fingerprint density at radius 1 is 1.22 bits per heavy atom. The molecule has 0 saturated heterocycles. The number of rotatable bonds is 5. The number of aromatic nitrogens is 3. The van der Waals surface area contributed by atoms with Gasteiger partial charge in [-0.05, 0) is 23.6 Å². The average Bonchev–Trinajstić information content (AvgIpc) is 2.95. The van der Waals surface area contributed by atoms with Gasteiger partial charge in [0, 0.05) is 19.0 Å². The van der Waals surface area contributed by atoms with E-state index in [1.165, 1.54) is 6.07 Å². The minimum Gasteiger partial charge on any atom is -0.326 e. The number of hydrogen-bond donors (Lipinski definition) is 4. The summed E-state index contributed by atoms with van der Waals surface area (Å²) in [7, 11) is 0. The summed E-state index contributed by atoms with van der Waals surface area (Å²) >= 11 is 0. The molecule has 3 rings (SSSR count). The van der Waals surface area contributed by atoms with E-state index >= 15 is 0 Å². The third kappa shape index (κ3) is 3.46. The second kappa shape index (κ2) is 6.45. The van der Waals surface area contributed by atoms with E-state index < -0.39 is 0 Å². The number of benzene rings is 1. The van der Waals surface area contributed by atoms with E-state index in [1.807, 2.05) is 24.3 Å². The molecule has 0 atom stereocenters. The van der Waals surface area contributed by atoms with Crippen molar-refractivity contribution in [3.05, 3.63) is 57.9 Å². The summed E-state index contributed by atoms with van der Waals surface area (Å²) in [5.74, 6) is 0.358. The Balaban J connectivity index is 1.65. The molecule has 23 heavy (non-hydrogen) atoms. The van der Waals surface area contributed by atoms with Crippen LogP contribution < -0.4 is 16.6 Å². The summed E-state index contributed by atoms with van der Waals surface area (Å²) in [5, 5.41) is 10.1. The third-order valence-corrected chi connectivity index (χ3v) is 3.58. The minimum atomic E-state index is -0.235. The first kappa shape index (κ1) is 15.0. The molecule has 0 aliphatic carbocycles. The number of aryl methyl sites for hydroxylation is 1. The van der Waals surface area contributed by atoms with Crippen LogP contribution in [0.25, 0.3) is 11.0 Å². The number of fused-ring (bicyclic) bond motifs is 1. The zero-order valence-electron chi connectivity index (χ0n) is 12.4. The quantitative estimate of drug-likeness (QED) is 0.568. The van der Waals surface area contributed by atoms with Crippen LogP contribution in [0.5, 0.6) is 0 Å². The van der Waals surface area contributed by atoms with Crippen LogP contribution in [0, 0.1) is 0 Å². The molecule has 0 fully saturated rings. The Hall–Kier alpha value is -2.93. The second-order valence-electron chi connectivity index (χ2n) is 5.26. The maximum Gasteiger partial charge on any atom is 0.249 e. The summed E-state index contributed by atoms with van der Waals surface area (Å²) < 4.78 is 0. The number of H-pyrrole nitrogens is 2. The number of anilines is 1. The first-order valence-corrected chi connectivity index (χ1v) is 7.31. The molecule has 2 heterocycles. The first-order chi connectivity index (χ1) is 11.2. The number of nitrogens with zero attached hydrogens (tertiary/aromatic N) is 1. The van der Waals surface area contributed by atoms with Gasteiger partial charge in [0.1, 0.15) is 5.82 Å². The van der Waals surface area contributed by atoms with Gasteiger partial charge in [0.05, 0.1) is 5.39 Å². The predicted molar refractivity (Wildman–Crippen MR) is 88.0 cm³/mol. The fraction of sp³-hybridized carbons (Fsp3) is 0.188. The van der Waals surface area contributed by atoms with E-state index in [0.29, 0.717) is 36.2 Å². The Morgan fingerprint density at radius 3 is 2.87 bits per heavy atom. The fourth-order valence-corrected chi connectivity index (χ4v) is 2.39. The molecule has 0 bridgehead atoms. The van der Waals surface area contributed by atoms with Gasteiger partial charge in [-0.2, -0.15) is 5.10 Å². The average molecular weight is 311 g/mol. The standard InChI is InChI=1S/C16H17N5O2/c17-9-11-3-1-2-10(8-11)4-6-13(22)18-15-12-5-7-14(23)19-16(12)21-20-15/h1-3,5,7-8H,4,6,9,17H2,(H3,18,19,20,21,22,23). The highest BCUT2D eigenvalue weighted by molar-refractivity contribution is 5.98. The van der Waals surface area contributed by atoms with Gasteiger partial charge < -0.3 is 16.0 Å². The van der Waals surface area contributed by atoms with Crippen molar-refractivity contribution in [3.63, 3.8) is 0 Å². The maximum atomic E-state index is 12.1. The van der Waals surface area contributed by atoms with Crippen molar-refractivity contribution in [2.24, 2.45) is 5.73 Å². The van der Waals surface area contributed by atoms with Crippen molar-refractivity contribution in [2.45, 2.75) is 19.4 Å². The van der Waals surface area contributed by atoms with Crippen LogP contribution in [-0.4, -0.2) is 21.1 Å². The Labute approximate surface area is 131 Å². The topological polar surface area (TPSA) is 117 Å². The monoisotopic (exact) mass is 311 g/mol. The number of nitrogens with two attached hydrogens (primary N) is 1. The van der Waals surface area contributed by atoms with Crippen LogP contribution in [0.2, 0.25) is 0 Å². The maximum absolute atomic E-state index is 12.1. The number of aromatic amines is 2. The summed E-state index contributed by atoms with van der Waals surface area (Å²) in [6, 6.07) is 10.9. The fourth-order valence-electron chi connectivity index (χ4n) is 2.39. The van der Waals surface area contributed by atoms with Crippen LogP contribution in [0.1, 0.15) is 17.5 Å². The normalized spacial score (nSPS) is 10.8. The van der Waals surface area contributed by atoms with Crippen molar-refractivity contribution < 1.29 is 4.79 Å². The Bertz CT molecular complexity index is 897. The van der Waals surface area contributed by atoms with E-state index in [4.69, 9.17) is 5.73 Å². The lowest BCUT2D eigenvalue weighted by Gasteiger charge is -2.05. The zero-order chi connectivity index (χ0) is 16.2. The van der Waals surface area contributed by atoms with Crippen LogP contribution >= 0.6 is 0 Å². The largest absolute Gasteiger partial charge is 0.326 e. The third-order valence-electron chi connectivity index (χ3n) is 3.58. The zero-order valence-corrected chi connectivity index (χ0v) is 12.4. The van der Waals surface area contributed by atoms with Gasteiger partial charge in [-0.3, -0.25) is 14.7 Å². The molecule has 7 heteroatoms. The van der Waals surface area contributed by atoms with E-state index in [-0.39, 0.29) is 11.5 Å². The highest BCUT2D eigenvalue weighted by Crippen LogP contribution is 2.17. The summed E-state index contributed by atoms with van der Waals surface area (Å²) in [6.45, 7) is 0.484. The van der Waals surface area contributed by atoms with Crippen LogP contribution in [0.15, 0.2) is 41.2 Å². The molecule has 7 nitrogen and oxygen atoms in total. The molecule has 0 saturated carbocycles. The lowest BCUT2D eigenvalue weighted by atomic mass is 10.1. The SMILES string of the molecule is NCc1cccc(CCC(=O)Nc2[nH]nc3[nH]c(=O)ccc23)c1. The van der Waals surface area contributed by atoms with Crippen molar-refractivity contribution in [3.8, 4) is 0 Å². The van der Waals surface area contributed by atoms with Gasteiger partial charge in [-0.15, -0.1) is 0 Å². The van der Waals surface area contributed by atoms with E-state index in [1.54, 1.807) is 6.07 Å². The van der Waals surface area contributed by atoms with Gasteiger partial charge in [0.2, 0.25) is 11.5 Å². The van der Waals surface area contributed by atoms with Gasteiger partial charge in [-0.1, -0.05) is 24.3 Å². The molecule has 0 aliphatic rings. The number of hydrogen-bond acceptors (Lipinski definition) is 4. The lowest BCUT2D eigenvalue weighted by Crippen LogP contribution is -2.13. The molecular weight excluding hydrogens is 294 g/mol. The Kier molecular flexibility index (Phi) is 4.20. The molecule has 118 valence electrons. The van der Waals surface area contributed by atoms with Gasteiger partial charge in [-0.25, -0.2) is 0 Å². The van der Waals surface area contributed by atoms with Crippen molar-refractivity contribution >= 4 is 22.8 Å². The molecule has 0 unspecified atom stereocenters. The Morgan fingerprint density at radius 2 is 2.04 bits per heavy atom. The minimum absolute atomic E-state index is 0.125. The predicted octanol–water partition coefficient (Wildman–Crippen LogP) is 1.28. The van der Waals surface area contributed by atoms with Crippen molar-refractivity contribution in [2.75, 3.05) is 5.32 Å². The molecule has 0 spiro atoms. The van der Waals surface area contributed by atoms with Gasteiger partial charge >= 0.3 is 0 Å².